The van der Waals surface area contributed by atoms with E-state index in [0.717, 1.165) is 16.5 Å². The van der Waals surface area contributed by atoms with Gasteiger partial charge in [0.05, 0.1) is 5.56 Å². The van der Waals surface area contributed by atoms with Crippen LogP contribution in [0.5, 0.6) is 0 Å². The van der Waals surface area contributed by atoms with Gasteiger partial charge in [0.2, 0.25) is 0 Å². The van der Waals surface area contributed by atoms with Gasteiger partial charge in [0, 0.05) is 29.6 Å². The van der Waals surface area contributed by atoms with E-state index in [1.54, 1.807) is 24.7 Å². The molecule has 0 unspecified atom stereocenters. The van der Waals surface area contributed by atoms with Crippen molar-refractivity contribution in [2.24, 2.45) is 0 Å². The first kappa shape index (κ1) is 14.0. The Balaban J connectivity index is 1.93. The van der Waals surface area contributed by atoms with Crippen LogP contribution in [0.1, 0.15) is 15.9 Å². The first-order valence-corrected chi connectivity index (χ1v) is 6.82. The zero-order chi connectivity index (χ0) is 13.7. The molecule has 2 heterocycles. The van der Waals surface area contributed by atoms with Crippen LogP contribution >= 0.6 is 27.5 Å². The Bertz CT molecular complexity index is 577. The van der Waals surface area contributed by atoms with Gasteiger partial charge in [-0.05, 0) is 46.1 Å². The number of carbonyl (C=O) groups is 1. The molecule has 0 atom stereocenters. The summed E-state index contributed by atoms with van der Waals surface area (Å²) in [4.78, 5) is 19.8. The molecule has 2 rings (SSSR count). The third kappa shape index (κ3) is 4.01. The van der Waals surface area contributed by atoms with Crippen LogP contribution in [0, 0.1) is 0 Å². The number of pyridine rings is 2. The number of aromatic nitrogens is 2. The summed E-state index contributed by atoms with van der Waals surface area (Å²) in [5, 5.41) is 3.01. The highest BCUT2D eigenvalue weighted by Gasteiger charge is 2.11. The van der Waals surface area contributed by atoms with Crippen molar-refractivity contribution in [2.75, 3.05) is 6.54 Å². The van der Waals surface area contributed by atoms with Gasteiger partial charge < -0.3 is 5.32 Å². The minimum atomic E-state index is -0.229. The molecule has 6 heteroatoms. The van der Waals surface area contributed by atoms with Crippen LogP contribution in [0.3, 0.4) is 0 Å². The van der Waals surface area contributed by atoms with E-state index in [9.17, 15) is 4.79 Å². The molecule has 98 valence electrons. The van der Waals surface area contributed by atoms with Gasteiger partial charge in [-0.25, -0.2) is 4.98 Å². The molecule has 2 aromatic heterocycles. The van der Waals surface area contributed by atoms with Crippen molar-refractivity contribution in [2.45, 2.75) is 6.42 Å². The first-order chi connectivity index (χ1) is 9.16. The average molecular weight is 341 g/mol. The number of halogens is 2. The van der Waals surface area contributed by atoms with E-state index >= 15 is 0 Å². The molecule has 4 nitrogen and oxygen atoms in total. The molecule has 0 radical (unpaired) electrons. The summed E-state index contributed by atoms with van der Waals surface area (Å²) in [5.74, 6) is -0.229. The Labute approximate surface area is 124 Å². The average Bonchev–Trinajstić information content (AvgIpc) is 2.42. The second kappa shape index (κ2) is 6.63. The Morgan fingerprint density at radius 1 is 1.37 bits per heavy atom. The summed E-state index contributed by atoms with van der Waals surface area (Å²) in [7, 11) is 0. The van der Waals surface area contributed by atoms with Gasteiger partial charge in [0.1, 0.15) is 5.15 Å². The van der Waals surface area contributed by atoms with Crippen molar-refractivity contribution in [3.63, 3.8) is 0 Å². The predicted octanol–water partition coefficient (Wildman–Crippen LogP) is 2.87. The number of nitrogens with zero attached hydrogens (tertiary/aromatic N) is 2. The zero-order valence-corrected chi connectivity index (χ0v) is 12.3. The minimum Gasteiger partial charge on any atom is -0.352 e. The molecule has 1 N–H and O–H groups in total. The molecular weight excluding hydrogens is 330 g/mol. The van der Waals surface area contributed by atoms with E-state index in [-0.39, 0.29) is 11.1 Å². The van der Waals surface area contributed by atoms with E-state index in [0.29, 0.717) is 12.1 Å². The van der Waals surface area contributed by atoms with Crippen LogP contribution in [0.15, 0.2) is 41.3 Å². The van der Waals surface area contributed by atoms with Crippen LogP contribution in [0.25, 0.3) is 0 Å². The molecule has 0 saturated carbocycles. The lowest BCUT2D eigenvalue weighted by Gasteiger charge is -2.06. The third-order valence-electron chi connectivity index (χ3n) is 2.50. The van der Waals surface area contributed by atoms with Crippen molar-refractivity contribution in [1.82, 2.24) is 15.3 Å². The van der Waals surface area contributed by atoms with E-state index in [1.165, 1.54) is 0 Å². The Morgan fingerprint density at radius 2 is 2.11 bits per heavy atom. The van der Waals surface area contributed by atoms with E-state index in [4.69, 9.17) is 11.6 Å². The lowest BCUT2D eigenvalue weighted by molar-refractivity contribution is 0.0954. The first-order valence-electron chi connectivity index (χ1n) is 5.65. The van der Waals surface area contributed by atoms with Crippen molar-refractivity contribution < 1.29 is 4.79 Å². The van der Waals surface area contributed by atoms with Gasteiger partial charge in [-0.1, -0.05) is 11.6 Å². The topological polar surface area (TPSA) is 54.9 Å². The number of rotatable bonds is 4. The summed E-state index contributed by atoms with van der Waals surface area (Å²) in [5.41, 5.74) is 1.49. The molecule has 0 aliphatic rings. The summed E-state index contributed by atoms with van der Waals surface area (Å²) in [6, 6.07) is 5.48. The van der Waals surface area contributed by atoms with Gasteiger partial charge in [-0.3, -0.25) is 9.78 Å². The fourth-order valence-corrected chi connectivity index (χ4v) is 2.07. The number of nitrogens with one attached hydrogen (secondary N) is 1. The van der Waals surface area contributed by atoms with Crippen molar-refractivity contribution in [1.29, 1.82) is 0 Å². The van der Waals surface area contributed by atoms with E-state index in [2.05, 4.69) is 31.2 Å². The van der Waals surface area contributed by atoms with Crippen molar-refractivity contribution in [3.05, 3.63) is 57.5 Å². The second-order valence-corrected chi connectivity index (χ2v) is 5.13. The van der Waals surface area contributed by atoms with Crippen LogP contribution in [-0.2, 0) is 6.42 Å². The number of hydrogen-bond donors (Lipinski definition) is 1. The van der Waals surface area contributed by atoms with Crippen LogP contribution in [0.2, 0.25) is 5.15 Å². The van der Waals surface area contributed by atoms with E-state index in [1.807, 2.05) is 12.1 Å². The lowest BCUT2D eigenvalue weighted by atomic mass is 10.2. The van der Waals surface area contributed by atoms with Crippen LogP contribution in [-0.4, -0.2) is 22.4 Å². The highest BCUT2D eigenvalue weighted by atomic mass is 79.9. The van der Waals surface area contributed by atoms with Gasteiger partial charge >= 0.3 is 0 Å². The van der Waals surface area contributed by atoms with Crippen LogP contribution in [0.4, 0.5) is 0 Å². The van der Waals surface area contributed by atoms with Crippen LogP contribution < -0.4 is 5.32 Å². The molecule has 0 spiro atoms. The molecular formula is C13H11BrClN3O. The van der Waals surface area contributed by atoms with Gasteiger partial charge in [-0.15, -0.1) is 0 Å². The monoisotopic (exact) mass is 339 g/mol. The number of hydrogen-bond acceptors (Lipinski definition) is 3. The minimum absolute atomic E-state index is 0.199. The van der Waals surface area contributed by atoms with Gasteiger partial charge in [0.25, 0.3) is 5.91 Å². The van der Waals surface area contributed by atoms with Crippen molar-refractivity contribution >= 4 is 33.4 Å². The second-order valence-electron chi connectivity index (χ2n) is 3.85. The fourth-order valence-electron chi connectivity index (χ4n) is 1.55. The maximum absolute atomic E-state index is 11.9. The molecule has 0 aliphatic carbocycles. The quantitative estimate of drug-likeness (QED) is 0.871. The Kier molecular flexibility index (Phi) is 4.87. The van der Waals surface area contributed by atoms with Gasteiger partial charge in [0.15, 0.2) is 0 Å². The molecule has 19 heavy (non-hydrogen) atoms. The number of carbonyl (C=O) groups excluding carboxylic acids is 1. The van der Waals surface area contributed by atoms with Gasteiger partial charge in [-0.2, -0.15) is 0 Å². The molecule has 0 aliphatic heterocycles. The smallest absolute Gasteiger partial charge is 0.254 e. The molecule has 0 saturated heterocycles. The maximum atomic E-state index is 11.9. The standard InChI is InChI=1S/C13H11BrClN3O/c14-10-7-11(12(15)18-8-10)13(19)17-6-3-9-1-4-16-5-2-9/h1-2,4-5,7-8H,3,6H2,(H,17,19). The largest absolute Gasteiger partial charge is 0.352 e. The zero-order valence-electron chi connectivity index (χ0n) is 9.94. The predicted molar refractivity (Wildman–Crippen MR) is 77.2 cm³/mol. The molecule has 0 bridgehead atoms. The lowest BCUT2D eigenvalue weighted by Crippen LogP contribution is -2.26. The number of amides is 1. The summed E-state index contributed by atoms with van der Waals surface area (Å²) in [6.45, 7) is 0.533. The maximum Gasteiger partial charge on any atom is 0.254 e. The Morgan fingerprint density at radius 3 is 2.84 bits per heavy atom. The normalized spacial score (nSPS) is 10.2. The molecule has 2 aromatic rings. The third-order valence-corrected chi connectivity index (χ3v) is 3.23. The Hall–Kier alpha value is -1.46. The highest BCUT2D eigenvalue weighted by Crippen LogP contribution is 2.17. The van der Waals surface area contributed by atoms with E-state index < -0.39 is 0 Å². The highest BCUT2D eigenvalue weighted by molar-refractivity contribution is 9.10. The molecule has 1 amide bonds. The summed E-state index contributed by atoms with van der Waals surface area (Å²) >= 11 is 9.15. The SMILES string of the molecule is O=C(NCCc1ccncc1)c1cc(Br)cnc1Cl. The van der Waals surface area contributed by atoms with Crippen molar-refractivity contribution in [3.8, 4) is 0 Å². The summed E-state index contributed by atoms with van der Waals surface area (Å²) < 4.78 is 0.719. The molecule has 0 fully saturated rings. The fraction of sp³-hybridized carbons (Fsp3) is 0.154. The summed E-state index contributed by atoms with van der Waals surface area (Å²) in [6.07, 6.45) is 5.75. The molecule has 0 aromatic carbocycles.